The highest BCUT2D eigenvalue weighted by Crippen LogP contribution is 2.50. The molecular formula is C21H36O4SSi. The van der Waals surface area contributed by atoms with Crippen LogP contribution in [0.5, 0.6) is 0 Å². The fraction of sp³-hybridized carbons (Fsp3) is 0.714. The first-order valence-corrected chi connectivity index (χ1v) is 13.7. The van der Waals surface area contributed by atoms with E-state index >= 15 is 0 Å². The van der Waals surface area contributed by atoms with E-state index in [1.54, 1.807) is 24.3 Å². The summed E-state index contributed by atoms with van der Waals surface area (Å²) >= 11 is 0. The van der Waals surface area contributed by atoms with Gasteiger partial charge in [-0.3, -0.25) is 0 Å². The van der Waals surface area contributed by atoms with Crippen LogP contribution in [0.2, 0.25) is 16.6 Å². The Morgan fingerprint density at radius 1 is 0.926 bits per heavy atom. The Kier molecular flexibility index (Phi) is 6.67. The summed E-state index contributed by atoms with van der Waals surface area (Å²) in [5.74, 6) is 0.0362. The van der Waals surface area contributed by atoms with Gasteiger partial charge in [0.25, 0.3) is 0 Å². The van der Waals surface area contributed by atoms with Gasteiger partial charge in [0.15, 0.2) is 0 Å². The molecule has 0 aromatic heterocycles. The molecule has 0 bridgehead atoms. The van der Waals surface area contributed by atoms with E-state index in [0.717, 1.165) is 0 Å². The molecule has 0 aliphatic carbocycles. The fourth-order valence-electron chi connectivity index (χ4n) is 4.70. The van der Waals surface area contributed by atoms with Crippen LogP contribution in [0.25, 0.3) is 0 Å². The van der Waals surface area contributed by atoms with Crippen LogP contribution in [0.4, 0.5) is 0 Å². The maximum atomic E-state index is 13.5. The Balaban J connectivity index is 2.52. The van der Waals surface area contributed by atoms with E-state index in [4.69, 9.17) is 9.16 Å². The third kappa shape index (κ3) is 3.78. The molecule has 1 aliphatic rings. The van der Waals surface area contributed by atoms with Gasteiger partial charge in [0, 0.05) is 0 Å². The van der Waals surface area contributed by atoms with Crippen molar-refractivity contribution < 1.29 is 17.6 Å². The van der Waals surface area contributed by atoms with Gasteiger partial charge >= 0.3 is 0 Å². The number of ether oxygens (including phenoxy) is 1. The molecule has 4 nitrogen and oxygen atoms in total. The number of rotatable bonds is 9. The topological polar surface area (TPSA) is 55.9 Å². The van der Waals surface area contributed by atoms with Crippen LogP contribution in [0.1, 0.15) is 55.4 Å². The summed E-state index contributed by atoms with van der Waals surface area (Å²) in [7, 11) is -5.89. The molecule has 0 radical (unpaired) electrons. The first-order valence-electron chi connectivity index (χ1n) is 10.0. The van der Waals surface area contributed by atoms with Crippen molar-refractivity contribution >= 4 is 18.2 Å². The molecule has 2 rings (SSSR count). The van der Waals surface area contributed by atoms with Gasteiger partial charge in [0.1, 0.15) is 0 Å². The van der Waals surface area contributed by atoms with Crippen LogP contribution in [-0.2, 0) is 19.0 Å². The van der Waals surface area contributed by atoms with Gasteiger partial charge < -0.3 is 9.16 Å². The van der Waals surface area contributed by atoms with Crippen LogP contribution < -0.4 is 0 Å². The molecule has 1 fully saturated rings. The zero-order chi connectivity index (χ0) is 20.6. The van der Waals surface area contributed by atoms with Crippen molar-refractivity contribution in [3.8, 4) is 0 Å². The molecule has 0 N–H and O–H groups in total. The molecule has 0 spiro atoms. The zero-order valence-electron chi connectivity index (χ0n) is 18.0. The van der Waals surface area contributed by atoms with E-state index in [2.05, 4.69) is 41.5 Å². The number of benzene rings is 1. The average Bonchev–Trinajstić information content (AvgIpc) is 3.37. The summed E-state index contributed by atoms with van der Waals surface area (Å²) in [5.41, 5.74) is 1.15. The molecule has 27 heavy (non-hydrogen) atoms. The molecular weight excluding hydrogens is 376 g/mol. The highest BCUT2D eigenvalue weighted by atomic mass is 32.2. The molecule has 1 aromatic rings. The summed E-state index contributed by atoms with van der Waals surface area (Å²) in [6, 6.07) is 8.62. The number of epoxide rings is 1. The maximum Gasteiger partial charge on any atom is 0.221 e. The lowest BCUT2D eigenvalue weighted by atomic mass is 10.0. The van der Waals surface area contributed by atoms with Crippen LogP contribution >= 0.6 is 0 Å². The van der Waals surface area contributed by atoms with Crippen LogP contribution in [0.3, 0.4) is 0 Å². The van der Waals surface area contributed by atoms with E-state index in [9.17, 15) is 8.42 Å². The smallest absolute Gasteiger partial charge is 0.221 e. The van der Waals surface area contributed by atoms with E-state index in [-0.39, 0.29) is 12.5 Å². The Labute approximate surface area is 166 Å². The second kappa shape index (κ2) is 7.97. The molecule has 0 amide bonds. The zero-order valence-corrected chi connectivity index (χ0v) is 19.8. The lowest BCUT2D eigenvalue weighted by molar-refractivity contribution is 0.0790. The van der Waals surface area contributed by atoms with Gasteiger partial charge in [-0.1, -0.05) is 73.6 Å². The lowest BCUT2D eigenvalue weighted by Gasteiger charge is -2.46. The van der Waals surface area contributed by atoms with E-state index in [1.165, 1.54) is 0 Å². The third-order valence-corrected chi connectivity index (χ3v) is 14.4. The van der Waals surface area contributed by atoms with Crippen molar-refractivity contribution in [1.29, 1.82) is 0 Å². The summed E-state index contributed by atoms with van der Waals surface area (Å²) in [4.78, 5) is -0.956. The summed E-state index contributed by atoms with van der Waals surface area (Å²) in [6.07, 6.45) is -0.471. The summed E-state index contributed by atoms with van der Waals surface area (Å²) in [5, 5.41) is 0. The molecule has 0 unspecified atom stereocenters. The van der Waals surface area contributed by atoms with Crippen molar-refractivity contribution in [3.63, 3.8) is 0 Å². The monoisotopic (exact) mass is 412 g/mol. The van der Waals surface area contributed by atoms with Crippen LogP contribution in [0.15, 0.2) is 35.2 Å². The molecule has 1 aliphatic heterocycles. The summed E-state index contributed by atoms with van der Waals surface area (Å²) in [6.45, 7) is 17.6. The van der Waals surface area contributed by atoms with Crippen molar-refractivity contribution in [3.05, 3.63) is 30.3 Å². The maximum absolute atomic E-state index is 13.5. The Morgan fingerprint density at radius 2 is 1.37 bits per heavy atom. The summed E-state index contributed by atoms with van der Waals surface area (Å²) < 4.78 is 39.6. The molecule has 1 saturated heterocycles. The number of sulfone groups is 1. The predicted molar refractivity (Wildman–Crippen MR) is 113 cm³/mol. The predicted octanol–water partition coefficient (Wildman–Crippen LogP) is 5.40. The number of hydrogen-bond donors (Lipinski definition) is 0. The second-order valence-electron chi connectivity index (χ2n) is 9.02. The molecule has 154 valence electrons. The lowest BCUT2D eigenvalue weighted by Crippen LogP contribution is -2.56. The highest BCUT2D eigenvalue weighted by molar-refractivity contribution is 7.93. The quantitative estimate of drug-likeness (QED) is 0.402. The van der Waals surface area contributed by atoms with Crippen molar-refractivity contribution in [2.45, 2.75) is 87.9 Å². The Hall–Kier alpha value is -0.693. The van der Waals surface area contributed by atoms with Gasteiger partial charge in [-0.2, -0.15) is 0 Å². The SMILES string of the molecule is CC(C)[C@H](O[Si](C(C)C)(C(C)C)C(C)C)[C@@]1(S(=O)(=O)c2ccccc2)CO1. The molecule has 0 saturated carbocycles. The van der Waals surface area contributed by atoms with Gasteiger partial charge in [0.05, 0.1) is 17.6 Å². The largest absolute Gasteiger partial charge is 0.409 e. The Morgan fingerprint density at radius 3 is 1.70 bits per heavy atom. The van der Waals surface area contributed by atoms with Gasteiger partial charge in [-0.15, -0.1) is 0 Å². The molecule has 1 aromatic carbocycles. The molecule has 2 atom stereocenters. The van der Waals surface area contributed by atoms with Gasteiger partial charge in [-0.05, 0) is 34.7 Å². The van der Waals surface area contributed by atoms with E-state index in [0.29, 0.717) is 21.5 Å². The van der Waals surface area contributed by atoms with Gasteiger partial charge in [-0.25, -0.2) is 8.42 Å². The fourth-order valence-corrected chi connectivity index (χ4v) is 12.4. The third-order valence-electron chi connectivity index (χ3n) is 6.01. The standard InChI is InChI=1S/C21H36O4SSi/c1-15(2)20(25-27(16(3)4,17(5)6)18(7)8)21(14-24-21)26(22,23)19-12-10-9-11-13-19/h9-13,15-18,20H,14H2,1-8H3/t20-,21-/m0/s1. The van der Waals surface area contributed by atoms with Crippen LogP contribution in [-0.4, -0.2) is 34.4 Å². The second-order valence-corrected chi connectivity index (χ2v) is 16.6. The average molecular weight is 413 g/mol. The minimum atomic E-state index is -3.65. The first kappa shape index (κ1) is 22.6. The molecule has 1 heterocycles. The normalized spacial score (nSPS) is 22.1. The highest BCUT2D eigenvalue weighted by Gasteiger charge is 2.66. The number of hydrogen-bond acceptors (Lipinski definition) is 4. The molecule has 6 heteroatoms. The minimum absolute atomic E-state index is 0.0362. The van der Waals surface area contributed by atoms with Crippen molar-refractivity contribution in [2.24, 2.45) is 5.92 Å². The van der Waals surface area contributed by atoms with Gasteiger partial charge in [0.2, 0.25) is 23.1 Å². The van der Waals surface area contributed by atoms with Crippen molar-refractivity contribution in [2.75, 3.05) is 6.61 Å². The van der Waals surface area contributed by atoms with E-state index in [1.807, 2.05) is 19.9 Å². The Bertz CT molecular complexity index is 700. The van der Waals surface area contributed by atoms with E-state index < -0.39 is 29.2 Å². The minimum Gasteiger partial charge on any atom is -0.409 e. The van der Waals surface area contributed by atoms with Crippen LogP contribution in [0, 0.1) is 5.92 Å². The van der Waals surface area contributed by atoms with Crippen molar-refractivity contribution in [1.82, 2.24) is 0 Å². The first-order chi connectivity index (χ1) is 12.4.